The normalized spacial score (nSPS) is 14.8. The Balaban J connectivity index is 1.67. The van der Waals surface area contributed by atoms with Gasteiger partial charge in [-0.15, -0.1) is 10.2 Å². The third-order valence-electron chi connectivity index (χ3n) is 2.95. The first kappa shape index (κ1) is 15.5. The van der Waals surface area contributed by atoms with E-state index in [0.717, 1.165) is 29.0 Å². The summed E-state index contributed by atoms with van der Waals surface area (Å²) in [5, 5.41) is 12.2. The number of hydrogen-bond donors (Lipinski definition) is 1. The molecular weight excluding hydrogens is 296 g/mol. The molecule has 2 rings (SSSR count). The predicted molar refractivity (Wildman–Crippen MR) is 81.6 cm³/mol. The highest BCUT2D eigenvalue weighted by Gasteiger charge is 2.17. The van der Waals surface area contributed by atoms with Crippen LogP contribution in [0.1, 0.15) is 19.3 Å². The van der Waals surface area contributed by atoms with Gasteiger partial charge >= 0.3 is 0 Å². The van der Waals surface area contributed by atoms with Crippen molar-refractivity contribution in [3.8, 4) is 0 Å². The van der Waals surface area contributed by atoms with E-state index in [1.54, 1.807) is 18.4 Å². The molecule has 1 saturated heterocycles. The molecule has 0 aliphatic carbocycles. The highest BCUT2D eigenvalue weighted by atomic mass is 32.2. The van der Waals surface area contributed by atoms with Gasteiger partial charge in [-0.3, -0.25) is 4.79 Å². The second kappa shape index (κ2) is 8.43. The van der Waals surface area contributed by atoms with E-state index in [2.05, 4.69) is 20.4 Å². The molecule has 20 heavy (non-hydrogen) atoms. The van der Waals surface area contributed by atoms with Crippen molar-refractivity contribution in [3.63, 3.8) is 0 Å². The molecule has 0 radical (unpaired) electrons. The SMILES string of the molecule is COCCCNC(=O)CSc1nnc(N2CCCC2)s1. The van der Waals surface area contributed by atoms with Crippen molar-refractivity contribution in [2.75, 3.05) is 44.0 Å². The molecule has 0 atom stereocenters. The number of amides is 1. The van der Waals surface area contributed by atoms with E-state index >= 15 is 0 Å². The molecule has 1 amide bonds. The molecule has 0 bridgehead atoms. The predicted octanol–water partition coefficient (Wildman–Crippen LogP) is 1.38. The van der Waals surface area contributed by atoms with E-state index in [4.69, 9.17) is 4.74 Å². The zero-order valence-electron chi connectivity index (χ0n) is 11.6. The summed E-state index contributed by atoms with van der Waals surface area (Å²) < 4.78 is 5.79. The summed E-state index contributed by atoms with van der Waals surface area (Å²) in [6.07, 6.45) is 3.29. The number of thioether (sulfide) groups is 1. The number of hydrogen-bond acceptors (Lipinski definition) is 7. The van der Waals surface area contributed by atoms with Gasteiger partial charge in [-0.25, -0.2) is 0 Å². The molecule has 1 aromatic rings. The molecule has 112 valence electrons. The monoisotopic (exact) mass is 316 g/mol. The molecule has 0 unspecified atom stereocenters. The van der Waals surface area contributed by atoms with Gasteiger partial charge in [0, 0.05) is 33.4 Å². The largest absolute Gasteiger partial charge is 0.385 e. The molecule has 1 N–H and O–H groups in total. The van der Waals surface area contributed by atoms with Gasteiger partial charge in [0.2, 0.25) is 11.0 Å². The number of anilines is 1. The van der Waals surface area contributed by atoms with Crippen LogP contribution in [0.4, 0.5) is 5.13 Å². The van der Waals surface area contributed by atoms with Gasteiger partial charge in [-0.05, 0) is 19.3 Å². The Morgan fingerprint density at radius 3 is 3.00 bits per heavy atom. The first-order valence-corrected chi connectivity index (χ1v) is 8.56. The third kappa shape index (κ3) is 4.92. The first-order valence-electron chi connectivity index (χ1n) is 6.76. The summed E-state index contributed by atoms with van der Waals surface area (Å²) in [4.78, 5) is 13.9. The molecule has 0 aromatic carbocycles. The third-order valence-corrected chi connectivity index (χ3v) is 5.06. The maximum Gasteiger partial charge on any atom is 0.230 e. The lowest BCUT2D eigenvalue weighted by atomic mass is 10.4. The fraction of sp³-hybridized carbons (Fsp3) is 0.750. The number of methoxy groups -OCH3 is 1. The van der Waals surface area contributed by atoms with Gasteiger partial charge in [-0.1, -0.05) is 23.1 Å². The Morgan fingerprint density at radius 1 is 1.45 bits per heavy atom. The minimum atomic E-state index is 0.0315. The Kier molecular flexibility index (Phi) is 6.55. The maximum absolute atomic E-state index is 11.6. The van der Waals surface area contributed by atoms with Crippen LogP contribution >= 0.6 is 23.1 Å². The molecule has 2 heterocycles. The van der Waals surface area contributed by atoms with Crippen LogP contribution in [0.15, 0.2) is 4.34 Å². The van der Waals surface area contributed by atoms with Crippen molar-refractivity contribution in [2.24, 2.45) is 0 Å². The lowest BCUT2D eigenvalue weighted by Crippen LogP contribution is -2.26. The molecular formula is C12H20N4O2S2. The summed E-state index contributed by atoms with van der Waals surface area (Å²) in [5.74, 6) is 0.422. The van der Waals surface area contributed by atoms with Crippen LogP contribution in [0.2, 0.25) is 0 Å². The number of ether oxygens (including phenoxy) is 1. The number of aromatic nitrogens is 2. The van der Waals surface area contributed by atoms with Crippen molar-refractivity contribution >= 4 is 34.1 Å². The maximum atomic E-state index is 11.6. The molecule has 1 aliphatic rings. The van der Waals surface area contributed by atoms with Crippen LogP contribution in [0.25, 0.3) is 0 Å². The standard InChI is InChI=1S/C12H20N4O2S2/c1-18-8-4-5-13-10(17)9-19-12-15-14-11(20-12)16-6-2-3-7-16/h2-9H2,1H3,(H,13,17). The van der Waals surface area contributed by atoms with Gasteiger partial charge in [0.05, 0.1) is 5.75 Å². The van der Waals surface area contributed by atoms with Gasteiger partial charge in [-0.2, -0.15) is 0 Å². The van der Waals surface area contributed by atoms with Gasteiger partial charge in [0.25, 0.3) is 0 Å². The van der Waals surface area contributed by atoms with E-state index in [1.165, 1.54) is 24.6 Å². The molecule has 0 spiro atoms. The number of carbonyl (C=O) groups excluding carboxylic acids is 1. The van der Waals surface area contributed by atoms with Gasteiger partial charge in [0.15, 0.2) is 4.34 Å². The van der Waals surface area contributed by atoms with Crippen LogP contribution < -0.4 is 10.2 Å². The molecule has 1 aliphatic heterocycles. The lowest BCUT2D eigenvalue weighted by molar-refractivity contribution is -0.118. The topological polar surface area (TPSA) is 67.3 Å². The Hall–Kier alpha value is -0.860. The van der Waals surface area contributed by atoms with E-state index in [1.807, 2.05) is 0 Å². The minimum Gasteiger partial charge on any atom is -0.385 e. The van der Waals surface area contributed by atoms with Crippen LogP contribution in [0.5, 0.6) is 0 Å². The molecule has 1 fully saturated rings. The van der Waals surface area contributed by atoms with Crippen molar-refractivity contribution in [2.45, 2.75) is 23.6 Å². The fourth-order valence-electron chi connectivity index (χ4n) is 1.92. The van der Waals surface area contributed by atoms with Gasteiger partial charge in [0.1, 0.15) is 0 Å². The first-order chi connectivity index (χ1) is 9.79. The van der Waals surface area contributed by atoms with Crippen LogP contribution in [-0.2, 0) is 9.53 Å². The second-order valence-electron chi connectivity index (χ2n) is 4.53. The Labute approximate surface area is 127 Å². The highest BCUT2D eigenvalue weighted by Crippen LogP contribution is 2.29. The number of carbonyl (C=O) groups is 1. The lowest BCUT2D eigenvalue weighted by Gasteiger charge is -2.10. The summed E-state index contributed by atoms with van der Waals surface area (Å²) in [6.45, 7) is 3.46. The minimum absolute atomic E-state index is 0.0315. The van der Waals surface area contributed by atoms with Gasteiger partial charge < -0.3 is 15.0 Å². The van der Waals surface area contributed by atoms with E-state index in [-0.39, 0.29) is 5.91 Å². The molecule has 1 aromatic heterocycles. The van der Waals surface area contributed by atoms with Crippen molar-refractivity contribution in [3.05, 3.63) is 0 Å². The zero-order chi connectivity index (χ0) is 14.2. The quantitative estimate of drug-likeness (QED) is 0.577. The Morgan fingerprint density at radius 2 is 2.25 bits per heavy atom. The van der Waals surface area contributed by atoms with Crippen molar-refractivity contribution in [1.82, 2.24) is 15.5 Å². The second-order valence-corrected chi connectivity index (χ2v) is 6.71. The number of nitrogens with one attached hydrogen (secondary N) is 1. The van der Waals surface area contributed by atoms with E-state index < -0.39 is 0 Å². The molecule has 6 nitrogen and oxygen atoms in total. The summed E-state index contributed by atoms with van der Waals surface area (Å²) in [5.41, 5.74) is 0. The number of rotatable bonds is 8. The Bertz CT molecular complexity index is 421. The average molecular weight is 316 g/mol. The van der Waals surface area contributed by atoms with Crippen molar-refractivity contribution in [1.29, 1.82) is 0 Å². The van der Waals surface area contributed by atoms with E-state index in [0.29, 0.717) is 18.9 Å². The number of nitrogens with zero attached hydrogens (tertiary/aromatic N) is 3. The summed E-state index contributed by atoms with van der Waals surface area (Å²) in [6, 6.07) is 0. The van der Waals surface area contributed by atoms with E-state index in [9.17, 15) is 4.79 Å². The van der Waals surface area contributed by atoms with Crippen LogP contribution in [-0.4, -0.2) is 55.2 Å². The smallest absolute Gasteiger partial charge is 0.230 e. The highest BCUT2D eigenvalue weighted by molar-refractivity contribution is 8.01. The molecule has 8 heteroatoms. The van der Waals surface area contributed by atoms with Crippen molar-refractivity contribution < 1.29 is 9.53 Å². The van der Waals surface area contributed by atoms with Crippen LogP contribution in [0, 0.1) is 0 Å². The average Bonchev–Trinajstić information content (AvgIpc) is 3.11. The summed E-state index contributed by atoms with van der Waals surface area (Å²) >= 11 is 3.02. The van der Waals surface area contributed by atoms with Crippen LogP contribution in [0.3, 0.4) is 0 Å². The summed E-state index contributed by atoms with van der Waals surface area (Å²) in [7, 11) is 1.66. The molecule has 0 saturated carbocycles. The zero-order valence-corrected chi connectivity index (χ0v) is 13.3. The fourth-order valence-corrected chi connectivity index (χ4v) is 3.64.